The van der Waals surface area contributed by atoms with E-state index in [2.05, 4.69) is 0 Å². The van der Waals surface area contributed by atoms with E-state index in [1.54, 1.807) is 4.90 Å². The van der Waals surface area contributed by atoms with E-state index in [4.69, 9.17) is 11.5 Å². The van der Waals surface area contributed by atoms with Crippen LogP contribution in [0.5, 0.6) is 0 Å². The second-order valence-corrected chi connectivity index (χ2v) is 5.55. The molecule has 5 heteroatoms. The number of carbonyl (C=O) groups is 2. The highest BCUT2D eigenvalue weighted by Gasteiger charge is 2.33. The van der Waals surface area contributed by atoms with Gasteiger partial charge in [-0.05, 0) is 18.9 Å². The Hall–Kier alpha value is -1.88. The summed E-state index contributed by atoms with van der Waals surface area (Å²) in [5, 5.41) is 0. The van der Waals surface area contributed by atoms with E-state index in [0.717, 1.165) is 5.56 Å². The molecule has 1 aromatic rings. The predicted octanol–water partition coefficient (Wildman–Crippen LogP) is 1.27. The highest BCUT2D eigenvalue weighted by Crippen LogP contribution is 2.24. The van der Waals surface area contributed by atoms with Crippen molar-refractivity contribution in [1.82, 2.24) is 4.90 Å². The van der Waals surface area contributed by atoms with E-state index in [9.17, 15) is 9.59 Å². The molecule has 0 spiro atoms. The van der Waals surface area contributed by atoms with Crippen molar-refractivity contribution in [1.29, 1.82) is 0 Å². The molecule has 4 N–H and O–H groups in total. The first-order valence-electron chi connectivity index (χ1n) is 7.24. The number of nitrogens with zero attached hydrogens (tertiary/aromatic N) is 1. The zero-order valence-electron chi connectivity index (χ0n) is 12.8. The van der Waals surface area contributed by atoms with Gasteiger partial charge in [-0.15, -0.1) is 0 Å². The number of carbonyl (C=O) groups excluding carboxylic acids is 2. The first kappa shape index (κ1) is 17.2. The molecular formula is C16H25N3O2. The van der Waals surface area contributed by atoms with Gasteiger partial charge >= 0.3 is 0 Å². The molecule has 0 fully saturated rings. The van der Waals surface area contributed by atoms with Crippen molar-refractivity contribution in [2.45, 2.75) is 33.2 Å². The van der Waals surface area contributed by atoms with E-state index in [1.165, 1.54) is 0 Å². The molecule has 5 nitrogen and oxygen atoms in total. The minimum atomic E-state index is -0.605. The fourth-order valence-electron chi connectivity index (χ4n) is 2.07. The molecule has 0 saturated carbocycles. The lowest BCUT2D eigenvalue weighted by atomic mass is 9.86. The first-order valence-corrected chi connectivity index (χ1v) is 7.24. The predicted molar refractivity (Wildman–Crippen MR) is 83.1 cm³/mol. The van der Waals surface area contributed by atoms with Gasteiger partial charge in [-0.25, -0.2) is 0 Å². The van der Waals surface area contributed by atoms with E-state index in [1.807, 2.05) is 44.2 Å². The van der Waals surface area contributed by atoms with Crippen LogP contribution in [-0.2, 0) is 16.1 Å². The van der Waals surface area contributed by atoms with Gasteiger partial charge in [-0.1, -0.05) is 37.3 Å². The summed E-state index contributed by atoms with van der Waals surface area (Å²) < 4.78 is 0. The van der Waals surface area contributed by atoms with Crippen molar-refractivity contribution in [2.75, 3.05) is 13.1 Å². The van der Waals surface area contributed by atoms with Crippen LogP contribution in [0.3, 0.4) is 0 Å². The molecule has 0 heterocycles. The van der Waals surface area contributed by atoms with Crippen molar-refractivity contribution < 1.29 is 9.59 Å². The number of nitrogens with two attached hydrogens (primary N) is 2. The van der Waals surface area contributed by atoms with Crippen molar-refractivity contribution >= 4 is 11.8 Å². The van der Waals surface area contributed by atoms with Gasteiger partial charge in [0.2, 0.25) is 11.8 Å². The molecule has 0 saturated heterocycles. The Morgan fingerprint density at radius 1 is 1.24 bits per heavy atom. The summed E-state index contributed by atoms with van der Waals surface area (Å²) in [4.78, 5) is 25.4. The summed E-state index contributed by atoms with van der Waals surface area (Å²) in [6.07, 6.45) is 0.813. The third-order valence-electron chi connectivity index (χ3n) is 3.88. The molecule has 21 heavy (non-hydrogen) atoms. The molecule has 0 aliphatic carbocycles. The number of rotatable bonds is 8. The smallest absolute Gasteiger partial charge is 0.230 e. The van der Waals surface area contributed by atoms with Gasteiger partial charge in [0.05, 0.1) is 5.41 Å². The van der Waals surface area contributed by atoms with Gasteiger partial charge in [-0.2, -0.15) is 0 Å². The minimum absolute atomic E-state index is 0.0300. The van der Waals surface area contributed by atoms with E-state index in [0.29, 0.717) is 19.5 Å². The number of primary amides is 1. The van der Waals surface area contributed by atoms with Crippen LogP contribution in [0.2, 0.25) is 0 Å². The second-order valence-electron chi connectivity index (χ2n) is 5.55. The average molecular weight is 291 g/mol. The SMILES string of the molecule is CCC(C)(CN)C(=O)N(CCC(N)=O)Cc1ccccc1. The molecular weight excluding hydrogens is 266 g/mol. The number of benzene rings is 1. The van der Waals surface area contributed by atoms with Crippen molar-refractivity contribution in [3.8, 4) is 0 Å². The summed E-state index contributed by atoms with van der Waals surface area (Å²) in [7, 11) is 0. The standard InChI is InChI=1S/C16H25N3O2/c1-3-16(2,12-17)15(21)19(10-9-14(18)20)11-13-7-5-4-6-8-13/h4-8H,3,9-12,17H2,1-2H3,(H2,18,20). The second kappa shape index (κ2) is 7.78. The quantitative estimate of drug-likeness (QED) is 0.755. The average Bonchev–Trinajstić information content (AvgIpc) is 2.50. The third-order valence-corrected chi connectivity index (χ3v) is 3.88. The normalized spacial score (nSPS) is 13.5. The maximum atomic E-state index is 12.7. The zero-order valence-corrected chi connectivity index (χ0v) is 12.8. The van der Waals surface area contributed by atoms with Gasteiger partial charge in [-0.3, -0.25) is 9.59 Å². The molecule has 0 aromatic heterocycles. The van der Waals surface area contributed by atoms with E-state index < -0.39 is 11.3 Å². The van der Waals surface area contributed by atoms with Crippen LogP contribution < -0.4 is 11.5 Å². The monoisotopic (exact) mass is 291 g/mol. The van der Waals surface area contributed by atoms with E-state index in [-0.39, 0.29) is 18.9 Å². The Labute approximate surface area is 126 Å². The summed E-state index contributed by atoms with van der Waals surface area (Å²) >= 11 is 0. The van der Waals surface area contributed by atoms with Crippen LogP contribution >= 0.6 is 0 Å². The van der Waals surface area contributed by atoms with Gasteiger partial charge in [0.1, 0.15) is 0 Å². The molecule has 1 rings (SSSR count). The van der Waals surface area contributed by atoms with Crippen molar-refractivity contribution in [3.63, 3.8) is 0 Å². The summed E-state index contributed by atoms with van der Waals surface area (Å²) in [6, 6.07) is 9.68. The Kier molecular flexibility index (Phi) is 6.37. The van der Waals surface area contributed by atoms with Crippen LogP contribution in [-0.4, -0.2) is 29.8 Å². The lowest BCUT2D eigenvalue weighted by Crippen LogP contribution is -2.46. The maximum absolute atomic E-state index is 12.7. The largest absolute Gasteiger partial charge is 0.370 e. The molecule has 0 aliphatic rings. The van der Waals surface area contributed by atoms with Crippen LogP contribution in [0.1, 0.15) is 32.3 Å². The zero-order chi connectivity index (χ0) is 15.9. The van der Waals surface area contributed by atoms with Gasteiger partial charge < -0.3 is 16.4 Å². The maximum Gasteiger partial charge on any atom is 0.230 e. The van der Waals surface area contributed by atoms with Crippen LogP contribution in [0.4, 0.5) is 0 Å². The molecule has 1 unspecified atom stereocenters. The van der Waals surface area contributed by atoms with E-state index >= 15 is 0 Å². The highest BCUT2D eigenvalue weighted by molar-refractivity contribution is 5.83. The summed E-state index contributed by atoms with van der Waals surface area (Å²) in [5.41, 5.74) is 11.4. The Bertz CT molecular complexity index is 470. The molecule has 0 bridgehead atoms. The van der Waals surface area contributed by atoms with Gasteiger partial charge in [0.15, 0.2) is 0 Å². The molecule has 1 atom stereocenters. The van der Waals surface area contributed by atoms with Gasteiger partial charge in [0.25, 0.3) is 0 Å². The van der Waals surface area contributed by atoms with Crippen molar-refractivity contribution in [3.05, 3.63) is 35.9 Å². The Morgan fingerprint density at radius 3 is 2.33 bits per heavy atom. The number of hydrogen-bond donors (Lipinski definition) is 2. The lowest BCUT2D eigenvalue weighted by Gasteiger charge is -2.33. The first-order chi connectivity index (χ1) is 9.92. The molecule has 1 aromatic carbocycles. The summed E-state index contributed by atoms with van der Waals surface area (Å²) in [6.45, 7) is 4.86. The van der Waals surface area contributed by atoms with Crippen LogP contribution in [0, 0.1) is 5.41 Å². The summed E-state index contributed by atoms with van der Waals surface area (Å²) in [5.74, 6) is -0.440. The highest BCUT2D eigenvalue weighted by atomic mass is 16.2. The molecule has 0 aliphatic heterocycles. The fourth-order valence-corrected chi connectivity index (χ4v) is 2.07. The van der Waals surface area contributed by atoms with Crippen LogP contribution in [0.15, 0.2) is 30.3 Å². The lowest BCUT2D eigenvalue weighted by molar-refractivity contribution is -0.142. The Balaban J connectivity index is 2.90. The molecule has 116 valence electrons. The molecule has 0 radical (unpaired) electrons. The third kappa shape index (κ3) is 4.86. The minimum Gasteiger partial charge on any atom is -0.370 e. The van der Waals surface area contributed by atoms with Gasteiger partial charge in [0, 0.05) is 26.1 Å². The number of hydrogen-bond acceptors (Lipinski definition) is 3. The molecule has 2 amide bonds. The topological polar surface area (TPSA) is 89.4 Å². The fraction of sp³-hybridized carbons (Fsp3) is 0.500. The number of amides is 2. The van der Waals surface area contributed by atoms with Crippen molar-refractivity contribution in [2.24, 2.45) is 16.9 Å². The Morgan fingerprint density at radius 2 is 1.86 bits per heavy atom. The van der Waals surface area contributed by atoms with Crippen LogP contribution in [0.25, 0.3) is 0 Å².